The van der Waals surface area contributed by atoms with E-state index in [1.54, 1.807) is 0 Å². The summed E-state index contributed by atoms with van der Waals surface area (Å²) in [6.45, 7) is 4.80. The Hall–Kier alpha value is -0.120. The molecule has 0 aromatic carbocycles. The third kappa shape index (κ3) is 3.94. The predicted octanol–water partition coefficient (Wildman–Crippen LogP) is 1.91. The van der Waals surface area contributed by atoms with Gasteiger partial charge in [0.25, 0.3) is 0 Å². The van der Waals surface area contributed by atoms with Crippen molar-refractivity contribution in [2.45, 2.75) is 64.0 Å². The molecule has 0 aromatic rings. The maximum Gasteiger partial charge on any atom is 0.0456 e. The highest BCUT2D eigenvalue weighted by Gasteiger charge is 2.34. The first-order chi connectivity index (χ1) is 8.81. The molecule has 18 heavy (non-hydrogen) atoms. The van der Waals surface area contributed by atoms with Crippen molar-refractivity contribution in [1.82, 2.24) is 10.6 Å². The van der Waals surface area contributed by atoms with Crippen molar-refractivity contribution in [3.63, 3.8) is 0 Å². The lowest BCUT2D eigenvalue weighted by molar-refractivity contribution is 0.226. The van der Waals surface area contributed by atoms with Crippen LogP contribution in [0.2, 0.25) is 0 Å². The number of hydrogen-bond donors (Lipinski definition) is 3. The van der Waals surface area contributed by atoms with E-state index in [0.29, 0.717) is 12.5 Å². The second kappa shape index (κ2) is 7.46. The Morgan fingerprint density at radius 3 is 2.89 bits per heavy atom. The standard InChI is InChI=1S/C15H30N2O/c1-12(11-18)5-3-9-16-14-7-2-6-13(14)15-8-4-10-17-15/h12-18H,2-11H2,1H3. The largest absolute Gasteiger partial charge is 0.396 e. The molecular weight excluding hydrogens is 224 g/mol. The summed E-state index contributed by atoms with van der Waals surface area (Å²) in [6, 6.07) is 1.52. The minimum absolute atomic E-state index is 0.331. The Balaban J connectivity index is 1.65. The van der Waals surface area contributed by atoms with Crippen molar-refractivity contribution in [2.75, 3.05) is 19.7 Å². The van der Waals surface area contributed by atoms with Crippen LogP contribution in [0.1, 0.15) is 51.9 Å². The molecular formula is C15H30N2O. The van der Waals surface area contributed by atoms with Crippen LogP contribution in [0.25, 0.3) is 0 Å². The zero-order chi connectivity index (χ0) is 12.8. The van der Waals surface area contributed by atoms with Gasteiger partial charge < -0.3 is 15.7 Å². The van der Waals surface area contributed by atoms with E-state index in [-0.39, 0.29) is 0 Å². The normalized spacial score (nSPS) is 34.0. The summed E-state index contributed by atoms with van der Waals surface area (Å²) in [5, 5.41) is 16.4. The third-order valence-corrected chi connectivity index (χ3v) is 4.78. The molecule has 106 valence electrons. The second-order valence-electron chi connectivity index (χ2n) is 6.29. The molecule has 1 aliphatic carbocycles. The first-order valence-corrected chi connectivity index (χ1v) is 7.89. The van der Waals surface area contributed by atoms with Crippen LogP contribution in [0, 0.1) is 11.8 Å². The van der Waals surface area contributed by atoms with E-state index in [0.717, 1.165) is 31.0 Å². The van der Waals surface area contributed by atoms with Gasteiger partial charge in [-0.15, -0.1) is 0 Å². The lowest BCUT2D eigenvalue weighted by atomic mass is 9.93. The van der Waals surface area contributed by atoms with Crippen LogP contribution in [0.3, 0.4) is 0 Å². The summed E-state index contributed by atoms with van der Waals surface area (Å²) in [5.41, 5.74) is 0. The first kappa shape index (κ1) is 14.3. The lowest BCUT2D eigenvalue weighted by Crippen LogP contribution is -2.42. The smallest absolute Gasteiger partial charge is 0.0456 e. The van der Waals surface area contributed by atoms with Gasteiger partial charge in [-0.1, -0.05) is 13.3 Å². The number of nitrogens with one attached hydrogen (secondary N) is 2. The fourth-order valence-corrected chi connectivity index (χ4v) is 3.63. The van der Waals surface area contributed by atoms with Gasteiger partial charge in [0.15, 0.2) is 0 Å². The molecule has 3 heteroatoms. The minimum Gasteiger partial charge on any atom is -0.396 e. The molecule has 1 aliphatic heterocycles. The van der Waals surface area contributed by atoms with Crippen molar-refractivity contribution in [3.05, 3.63) is 0 Å². The van der Waals surface area contributed by atoms with Gasteiger partial charge in [-0.05, 0) is 63.5 Å². The molecule has 2 aliphatic rings. The molecule has 0 radical (unpaired) electrons. The highest BCUT2D eigenvalue weighted by molar-refractivity contribution is 4.93. The van der Waals surface area contributed by atoms with Crippen LogP contribution in [0.4, 0.5) is 0 Å². The molecule has 1 heterocycles. The molecule has 2 fully saturated rings. The monoisotopic (exact) mass is 254 g/mol. The van der Waals surface area contributed by atoms with Gasteiger partial charge in [-0.3, -0.25) is 0 Å². The van der Waals surface area contributed by atoms with Gasteiger partial charge in [-0.2, -0.15) is 0 Å². The highest BCUT2D eigenvalue weighted by Crippen LogP contribution is 2.31. The Labute approximate surface area is 112 Å². The predicted molar refractivity (Wildman–Crippen MR) is 75.6 cm³/mol. The van der Waals surface area contributed by atoms with Gasteiger partial charge in [0.2, 0.25) is 0 Å². The van der Waals surface area contributed by atoms with Crippen LogP contribution >= 0.6 is 0 Å². The zero-order valence-corrected chi connectivity index (χ0v) is 11.8. The average Bonchev–Trinajstić information content (AvgIpc) is 3.04. The molecule has 3 nitrogen and oxygen atoms in total. The number of rotatable bonds is 7. The molecule has 4 unspecified atom stereocenters. The molecule has 0 bridgehead atoms. The van der Waals surface area contributed by atoms with Gasteiger partial charge >= 0.3 is 0 Å². The quantitative estimate of drug-likeness (QED) is 0.608. The van der Waals surface area contributed by atoms with Crippen molar-refractivity contribution in [2.24, 2.45) is 11.8 Å². The Morgan fingerprint density at radius 1 is 1.28 bits per heavy atom. The Kier molecular flexibility index (Phi) is 5.93. The lowest BCUT2D eigenvalue weighted by Gasteiger charge is -2.26. The van der Waals surface area contributed by atoms with E-state index >= 15 is 0 Å². The van der Waals surface area contributed by atoms with Crippen molar-refractivity contribution in [3.8, 4) is 0 Å². The maximum absolute atomic E-state index is 9.00. The molecule has 4 atom stereocenters. The van der Waals surface area contributed by atoms with E-state index in [1.807, 2.05) is 0 Å². The molecule has 3 N–H and O–H groups in total. The second-order valence-corrected chi connectivity index (χ2v) is 6.29. The fourth-order valence-electron chi connectivity index (χ4n) is 3.63. The van der Waals surface area contributed by atoms with E-state index < -0.39 is 0 Å². The molecule has 1 saturated heterocycles. The summed E-state index contributed by atoms with van der Waals surface area (Å²) in [6.07, 6.45) is 9.24. The average molecular weight is 254 g/mol. The molecule has 0 spiro atoms. The summed E-state index contributed by atoms with van der Waals surface area (Å²) in [7, 11) is 0. The summed E-state index contributed by atoms with van der Waals surface area (Å²) in [4.78, 5) is 0. The summed E-state index contributed by atoms with van der Waals surface area (Å²) in [5.74, 6) is 1.32. The van der Waals surface area contributed by atoms with Gasteiger partial charge in [0.1, 0.15) is 0 Å². The van der Waals surface area contributed by atoms with E-state index in [2.05, 4.69) is 17.6 Å². The highest BCUT2D eigenvalue weighted by atomic mass is 16.3. The van der Waals surface area contributed by atoms with Crippen LogP contribution in [0.15, 0.2) is 0 Å². The Bertz CT molecular complexity index is 229. The van der Waals surface area contributed by atoms with E-state index in [9.17, 15) is 0 Å². The van der Waals surface area contributed by atoms with E-state index in [4.69, 9.17) is 5.11 Å². The van der Waals surface area contributed by atoms with Gasteiger partial charge in [-0.25, -0.2) is 0 Å². The number of hydrogen-bond acceptors (Lipinski definition) is 3. The van der Waals surface area contributed by atoms with Gasteiger partial charge in [0, 0.05) is 18.7 Å². The zero-order valence-electron chi connectivity index (χ0n) is 11.8. The molecule has 0 amide bonds. The Morgan fingerprint density at radius 2 is 2.17 bits per heavy atom. The first-order valence-electron chi connectivity index (χ1n) is 7.89. The van der Waals surface area contributed by atoms with Crippen molar-refractivity contribution >= 4 is 0 Å². The van der Waals surface area contributed by atoms with Crippen molar-refractivity contribution in [1.29, 1.82) is 0 Å². The SMILES string of the molecule is CC(CO)CCCNC1CCCC1C1CCCN1. The van der Waals surface area contributed by atoms with Gasteiger partial charge in [0.05, 0.1) is 0 Å². The number of aliphatic hydroxyl groups excluding tert-OH is 1. The fraction of sp³-hybridized carbons (Fsp3) is 1.00. The van der Waals surface area contributed by atoms with Crippen LogP contribution < -0.4 is 10.6 Å². The van der Waals surface area contributed by atoms with Crippen LogP contribution in [0.5, 0.6) is 0 Å². The van der Waals surface area contributed by atoms with Crippen LogP contribution in [-0.2, 0) is 0 Å². The molecule has 1 saturated carbocycles. The van der Waals surface area contributed by atoms with Crippen LogP contribution in [-0.4, -0.2) is 36.9 Å². The minimum atomic E-state index is 0.331. The summed E-state index contributed by atoms with van der Waals surface area (Å²) < 4.78 is 0. The number of aliphatic hydroxyl groups is 1. The van der Waals surface area contributed by atoms with E-state index in [1.165, 1.54) is 45.1 Å². The maximum atomic E-state index is 9.00. The molecule has 0 aromatic heterocycles. The topological polar surface area (TPSA) is 44.3 Å². The third-order valence-electron chi connectivity index (χ3n) is 4.78. The summed E-state index contributed by atoms with van der Waals surface area (Å²) >= 11 is 0. The van der Waals surface area contributed by atoms with Crippen molar-refractivity contribution < 1.29 is 5.11 Å². The molecule has 2 rings (SSSR count).